The summed E-state index contributed by atoms with van der Waals surface area (Å²) in [7, 11) is 1.45. The second-order valence-electron chi connectivity index (χ2n) is 4.70. The van der Waals surface area contributed by atoms with E-state index in [-0.39, 0.29) is 0 Å². The van der Waals surface area contributed by atoms with Gasteiger partial charge in [-0.15, -0.1) is 0 Å². The van der Waals surface area contributed by atoms with Crippen molar-refractivity contribution in [3.8, 4) is 0 Å². The number of hydrogen-bond donors (Lipinski definition) is 2. The van der Waals surface area contributed by atoms with Gasteiger partial charge in [0.15, 0.2) is 0 Å². The SMILES string of the molecule is CO/N=C/c1c(N)ncnc1Nc1ccc(Cl)c2ccccc12. The zero-order valence-corrected chi connectivity index (χ0v) is 13.1. The van der Waals surface area contributed by atoms with E-state index >= 15 is 0 Å². The quantitative estimate of drug-likeness (QED) is 0.565. The molecule has 1 aromatic heterocycles. The molecule has 0 atom stereocenters. The van der Waals surface area contributed by atoms with E-state index < -0.39 is 0 Å². The molecule has 0 aliphatic heterocycles. The molecule has 116 valence electrons. The lowest BCUT2D eigenvalue weighted by atomic mass is 10.1. The summed E-state index contributed by atoms with van der Waals surface area (Å²) in [6, 6.07) is 11.6. The van der Waals surface area contributed by atoms with Gasteiger partial charge in [-0.05, 0) is 12.1 Å². The molecule has 3 rings (SSSR count). The minimum absolute atomic E-state index is 0.307. The molecule has 7 heteroatoms. The van der Waals surface area contributed by atoms with Crippen molar-refractivity contribution in [2.24, 2.45) is 5.16 Å². The highest BCUT2D eigenvalue weighted by molar-refractivity contribution is 6.36. The number of anilines is 3. The Labute approximate surface area is 137 Å². The molecule has 0 bridgehead atoms. The zero-order valence-electron chi connectivity index (χ0n) is 12.3. The van der Waals surface area contributed by atoms with E-state index in [0.717, 1.165) is 16.5 Å². The third-order valence-corrected chi connectivity index (χ3v) is 3.66. The number of benzene rings is 2. The monoisotopic (exact) mass is 327 g/mol. The Morgan fingerprint density at radius 2 is 1.96 bits per heavy atom. The van der Waals surface area contributed by atoms with Gasteiger partial charge in [0, 0.05) is 21.5 Å². The van der Waals surface area contributed by atoms with Crippen LogP contribution in [-0.2, 0) is 4.84 Å². The van der Waals surface area contributed by atoms with Gasteiger partial charge in [0.25, 0.3) is 0 Å². The number of nitrogen functional groups attached to an aromatic ring is 1. The molecule has 3 N–H and O–H groups in total. The summed E-state index contributed by atoms with van der Waals surface area (Å²) < 4.78 is 0. The predicted molar refractivity (Wildman–Crippen MR) is 93.3 cm³/mol. The van der Waals surface area contributed by atoms with E-state index in [1.807, 2.05) is 36.4 Å². The Morgan fingerprint density at radius 1 is 1.17 bits per heavy atom. The molecule has 6 nitrogen and oxygen atoms in total. The molecular formula is C16H14ClN5O. The van der Waals surface area contributed by atoms with Crippen molar-refractivity contribution in [2.45, 2.75) is 0 Å². The summed E-state index contributed by atoms with van der Waals surface area (Å²) >= 11 is 6.25. The molecule has 0 aliphatic carbocycles. The minimum Gasteiger partial charge on any atom is -0.399 e. The van der Waals surface area contributed by atoms with Crippen LogP contribution >= 0.6 is 11.6 Å². The minimum atomic E-state index is 0.307. The molecule has 0 fully saturated rings. The maximum Gasteiger partial charge on any atom is 0.144 e. The summed E-state index contributed by atoms with van der Waals surface area (Å²) in [6.45, 7) is 0. The average Bonchev–Trinajstić information content (AvgIpc) is 2.57. The summed E-state index contributed by atoms with van der Waals surface area (Å²) in [5.74, 6) is 0.840. The summed E-state index contributed by atoms with van der Waals surface area (Å²) in [5.41, 5.74) is 7.30. The number of nitrogens with one attached hydrogen (secondary N) is 1. The van der Waals surface area contributed by atoms with E-state index in [4.69, 9.17) is 22.2 Å². The standard InChI is InChI=1S/C16H14ClN5O/c1-23-21-8-12-15(18)19-9-20-16(12)22-14-7-6-13(17)10-4-2-3-5-11(10)14/h2-9H,1H3,(H3,18,19,20,22)/b21-8+. The van der Waals surface area contributed by atoms with Gasteiger partial charge in [0.1, 0.15) is 25.1 Å². The number of aromatic nitrogens is 2. The smallest absolute Gasteiger partial charge is 0.144 e. The fourth-order valence-electron chi connectivity index (χ4n) is 2.24. The molecule has 0 aliphatic rings. The Kier molecular flexibility index (Phi) is 4.25. The van der Waals surface area contributed by atoms with Crippen LogP contribution in [0.3, 0.4) is 0 Å². The number of nitrogens with zero attached hydrogens (tertiary/aromatic N) is 3. The highest BCUT2D eigenvalue weighted by atomic mass is 35.5. The number of halogens is 1. The first kappa shape index (κ1) is 15.1. The molecule has 0 radical (unpaired) electrons. The average molecular weight is 328 g/mol. The number of oxime groups is 1. The molecule has 23 heavy (non-hydrogen) atoms. The van der Waals surface area contributed by atoms with Crippen LogP contribution in [0.4, 0.5) is 17.3 Å². The van der Waals surface area contributed by atoms with Crippen LogP contribution < -0.4 is 11.1 Å². The second kappa shape index (κ2) is 6.50. The molecule has 0 unspecified atom stereocenters. The maximum atomic E-state index is 6.25. The van der Waals surface area contributed by atoms with E-state index in [2.05, 4.69) is 20.4 Å². The molecule has 3 aromatic rings. The van der Waals surface area contributed by atoms with Crippen LogP contribution in [0.5, 0.6) is 0 Å². The van der Waals surface area contributed by atoms with Crippen molar-refractivity contribution in [2.75, 3.05) is 18.2 Å². The van der Waals surface area contributed by atoms with Crippen LogP contribution in [0.1, 0.15) is 5.56 Å². The van der Waals surface area contributed by atoms with Gasteiger partial charge in [-0.25, -0.2) is 9.97 Å². The summed E-state index contributed by atoms with van der Waals surface area (Å²) in [6.07, 6.45) is 2.86. The number of nitrogens with two attached hydrogens (primary N) is 1. The van der Waals surface area contributed by atoms with Crippen LogP contribution in [0.25, 0.3) is 10.8 Å². The highest BCUT2D eigenvalue weighted by Crippen LogP contribution is 2.32. The van der Waals surface area contributed by atoms with Crippen molar-refractivity contribution in [1.82, 2.24) is 9.97 Å². The van der Waals surface area contributed by atoms with Gasteiger partial charge in [0.05, 0.1) is 11.8 Å². The van der Waals surface area contributed by atoms with Crippen molar-refractivity contribution in [1.29, 1.82) is 0 Å². The zero-order chi connectivity index (χ0) is 16.2. The van der Waals surface area contributed by atoms with Crippen LogP contribution in [0.15, 0.2) is 47.9 Å². The van der Waals surface area contributed by atoms with Gasteiger partial charge in [0.2, 0.25) is 0 Å². The number of fused-ring (bicyclic) bond motifs is 1. The van der Waals surface area contributed by atoms with Gasteiger partial charge in [-0.1, -0.05) is 41.0 Å². The Bertz CT molecular complexity index is 881. The lowest BCUT2D eigenvalue weighted by molar-refractivity contribution is 0.215. The molecular weight excluding hydrogens is 314 g/mol. The topological polar surface area (TPSA) is 85.4 Å². The van der Waals surface area contributed by atoms with Gasteiger partial charge < -0.3 is 15.9 Å². The molecule has 0 spiro atoms. The molecule has 1 heterocycles. The van der Waals surface area contributed by atoms with E-state index in [1.54, 1.807) is 0 Å². The third-order valence-electron chi connectivity index (χ3n) is 3.33. The Balaban J connectivity index is 2.08. The van der Waals surface area contributed by atoms with Crippen LogP contribution in [0, 0.1) is 0 Å². The third kappa shape index (κ3) is 3.02. The van der Waals surface area contributed by atoms with Crippen LogP contribution in [0.2, 0.25) is 5.02 Å². The molecule has 0 saturated heterocycles. The second-order valence-corrected chi connectivity index (χ2v) is 5.11. The Morgan fingerprint density at radius 3 is 2.74 bits per heavy atom. The van der Waals surface area contributed by atoms with Gasteiger partial charge in [-0.3, -0.25) is 0 Å². The summed E-state index contributed by atoms with van der Waals surface area (Å²) in [5, 5.41) is 9.61. The molecule has 0 amide bonds. The first-order chi connectivity index (χ1) is 11.2. The van der Waals surface area contributed by atoms with Crippen LogP contribution in [-0.4, -0.2) is 23.3 Å². The van der Waals surface area contributed by atoms with Gasteiger partial charge in [-0.2, -0.15) is 0 Å². The van der Waals surface area contributed by atoms with Crippen molar-refractivity contribution < 1.29 is 4.84 Å². The highest BCUT2D eigenvalue weighted by Gasteiger charge is 2.10. The van der Waals surface area contributed by atoms with E-state index in [1.165, 1.54) is 19.7 Å². The molecule has 0 saturated carbocycles. The lowest BCUT2D eigenvalue weighted by Crippen LogP contribution is -2.05. The van der Waals surface area contributed by atoms with E-state index in [0.29, 0.717) is 22.2 Å². The van der Waals surface area contributed by atoms with Gasteiger partial charge >= 0.3 is 0 Å². The summed E-state index contributed by atoms with van der Waals surface area (Å²) in [4.78, 5) is 12.9. The fourth-order valence-corrected chi connectivity index (χ4v) is 2.47. The van der Waals surface area contributed by atoms with E-state index in [9.17, 15) is 0 Å². The maximum absolute atomic E-state index is 6.25. The largest absolute Gasteiger partial charge is 0.399 e. The normalized spacial score (nSPS) is 11.0. The number of rotatable bonds is 4. The predicted octanol–water partition coefficient (Wildman–Crippen LogP) is 3.59. The van der Waals surface area contributed by atoms with Crippen molar-refractivity contribution in [3.05, 3.63) is 53.3 Å². The number of hydrogen-bond acceptors (Lipinski definition) is 6. The lowest BCUT2D eigenvalue weighted by Gasteiger charge is -2.12. The Hall–Kier alpha value is -2.86. The van der Waals surface area contributed by atoms with Crippen molar-refractivity contribution >= 4 is 45.9 Å². The van der Waals surface area contributed by atoms with Crippen molar-refractivity contribution in [3.63, 3.8) is 0 Å². The first-order valence-corrected chi connectivity index (χ1v) is 7.19. The fraction of sp³-hybridized carbons (Fsp3) is 0.0625. The first-order valence-electron chi connectivity index (χ1n) is 6.82. The molecule has 2 aromatic carbocycles.